The molecule has 0 aromatic heterocycles. The van der Waals surface area contributed by atoms with Gasteiger partial charge in [-0.15, -0.1) is 0 Å². The van der Waals surface area contributed by atoms with Crippen molar-refractivity contribution >= 4 is 34.7 Å². The SMILES string of the molecule is COc1ccc(Cl)cc1/C(O)=C1\C(=O)C(=O)N(c2cc(C)ccc2O)C1c1ccc(O)cc1. The lowest BCUT2D eigenvalue weighted by atomic mass is 9.94. The highest BCUT2D eigenvalue weighted by Crippen LogP contribution is 2.46. The van der Waals surface area contributed by atoms with Gasteiger partial charge in [0.05, 0.1) is 30.0 Å². The quantitative estimate of drug-likeness (QED) is 0.293. The van der Waals surface area contributed by atoms with Gasteiger partial charge in [0, 0.05) is 5.02 Å². The molecule has 168 valence electrons. The largest absolute Gasteiger partial charge is 0.508 e. The molecule has 1 atom stereocenters. The molecule has 1 heterocycles. The maximum absolute atomic E-state index is 13.2. The van der Waals surface area contributed by atoms with Crippen LogP contribution in [0.2, 0.25) is 5.02 Å². The van der Waals surface area contributed by atoms with Crippen molar-refractivity contribution in [1.82, 2.24) is 0 Å². The summed E-state index contributed by atoms with van der Waals surface area (Å²) in [5.74, 6) is -2.28. The van der Waals surface area contributed by atoms with Crippen LogP contribution in [0.5, 0.6) is 17.2 Å². The second kappa shape index (κ2) is 8.52. The second-order valence-corrected chi connectivity index (χ2v) is 8.03. The zero-order valence-corrected chi connectivity index (χ0v) is 18.5. The Labute approximate surface area is 194 Å². The van der Waals surface area contributed by atoms with Crippen LogP contribution in [0, 0.1) is 6.92 Å². The Morgan fingerprint density at radius 3 is 2.36 bits per heavy atom. The Bertz CT molecular complexity index is 1300. The Morgan fingerprint density at radius 1 is 1.00 bits per heavy atom. The molecule has 3 aromatic rings. The standard InChI is InChI=1S/C25H20ClNO6/c1-13-3-9-19(29)18(11-13)27-22(14-4-7-16(28)8-5-14)21(24(31)25(27)32)23(30)17-12-15(26)6-10-20(17)33-2/h3-12,22,28-30H,1-2H3/b23-21+. The van der Waals surface area contributed by atoms with E-state index in [-0.39, 0.29) is 34.1 Å². The van der Waals surface area contributed by atoms with Gasteiger partial charge in [-0.2, -0.15) is 0 Å². The molecule has 1 unspecified atom stereocenters. The lowest BCUT2D eigenvalue weighted by Gasteiger charge is -2.26. The molecule has 4 rings (SSSR count). The van der Waals surface area contributed by atoms with Crippen molar-refractivity contribution in [2.24, 2.45) is 0 Å². The number of rotatable bonds is 4. The highest BCUT2D eigenvalue weighted by atomic mass is 35.5. The molecule has 1 saturated heterocycles. The average Bonchev–Trinajstić information content (AvgIpc) is 3.06. The summed E-state index contributed by atoms with van der Waals surface area (Å²) in [5.41, 5.74) is 1.25. The summed E-state index contributed by atoms with van der Waals surface area (Å²) in [6.07, 6.45) is 0. The third kappa shape index (κ3) is 3.87. The lowest BCUT2D eigenvalue weighted by Crippen LogP contribution is -2.29. The number of hydrogen-bond acceptors (Lipinski definition) is 6. The first-order valence-corrected chi connectivity index (χ1v) is 10.3. The van der Waals surface area contributed by atoms with Gasteiger partial charge in [-0.25, -0.2) is 0 Å². The van der Waals surface area contributed by atoms with Gasteiger partial charge in [0.1, 0.15) is 23.0 Å². The van der Waals surface area contributed by atoms with E-state index in [4.69, 9.17) is 16.3 Å². The van der Waals surface area contributed by atoms with E-state index >= 15 is 0 Å². The molecule has 0 spiro atoms. The molecular formula is C25H20ClNO6. The Morgan fingerprint density at radius 2 is 1.70 bits per heavy atom. The van der Waals surface area contributed by atoms with Crippen LogP contribution in [0.15, 0.2) is 66.2 Å². The van der Waals surface area contributed by atoms with E-state index in [9.17, 15) is 24.9 Å². The number of aromatic hydroxyl groups is 2. The molecule has 1 fully saturated rings. The fourth-order valence-corrected chi connectivity index (χ4v) is 4.06. The number of ether oxygens (including phenoxy) is 1. The third-order valence-corrected chi connectivity index (χ3v) is 5.70. The van der Waals surface area contributed by atoms with Gasteiger partial charge >= 0.3 is 0 Å². The van der Waals surface area contributed by atoms with Crippen LogP contribution in [0.1, 0.15) is 22.7 Å². The number of carbonyl (C=O) groups excluding carboxylic acids is 2. The number of Topliss-reactive ketones (excluding diaryl/α,β-unsaturated/α-hetero) is 1. The first-order chi connectivity index (χ1) is 15.7. The molecule has 0 aliphatic carbocycles. The van der Waals surface area contributed by atoms with Crippen molar-refractivity contribution in [3.8, 4) is 17.2 Å². The van der Waals surface area contributed by atoms with Crippen molar-refractivity contribution in [3.05, 3.63) is 87.9 Å². The number of amides is 1. The van der Waals surface area contributed by atoms with Gasteiger partial charge in [0.2, 0.25) is 0 Å². The Kier molecular flexibility index (Phi) is 5.74. The normalized spacial score (nSPS) is 17.4. The maximum Gasteiger partial charge on any atom is 0.300 e. The number of benzene rings is 3. The minimum absolute atomic E-state index is 0.00869. The van der Waals surface area contributed by atoms with E-state index in [0.29, 0.717) is 10.6 Å². The molecule has 1 amide bonds. The van der Waals surface area contributed by atoms with Crippen LogP contribution in [0.4, 0.5) is 5.69 Å². The number of ketones is 1. The van der Waals surface area contributed by atoms with E-state index in [1.165, 1.54) is 49.6 Å². The first kappa shape index (κ1) is 22.2. The number of carbonyl (C=O) groups is 2. The number of phenols is 2. The predicted molar refractivity (Wildman–Crippen MR) is 124 cm³/mol. The summed E-state index contributed by atoms with van der Waals surface area (Å²) >= 11 is 6.11. The molecule has 0 saturated carbocycles. The number of hydrogen-bond donors (Lipinski definition) is 3. The maximum atomic E-state index is 13.2. The van der Waals surface area contributed by atoms with E-state index < -0.39 is 23.5 Å². The predicted octanol–water partition coefficient (Wildman–Crippen LogP) is 4.69. The molecule has 0 radical (unpaired) electrons. The molecule has 1 aliphatic heterocycles. The first-order valence-electron chi connectivity index (χ1n) is 9.96. The number of phenolic OH excluding ortho intramolecular Hbond substituents is 2. The van der Waals surface area contributed by atoms with Crippen LogP contribution < -0.4 is 9.64 Å². The van der Waals surface area contributed by atoms with E-state index in [1.807, 2.05) is 0 Å². The van der Waals surface area contributed by atoms with Crippen LogP contribution in [0.3, 0.4) is 0 Å². The monoisotopic (exact) mass is 465 g/mol. The van der Waals surface area contributed by atoms with Crippen molar-refractivity contribution in [2.45, 2.75) is 13.0 Å². The van der Waals surface area contributed by atoms with Crippen LogP contribution in [-0.2, 0) is 9.59 Å². The van der Waals surface area contributed by atoms with Crippen molar-refractivity contribution in [2.75, 3.05) is 12.0 Å². The van der Waals surface area contributed by atoms with E-state index in [0.717, 1.165) is 10.5 Å². The summed E-state index contributed by atoms with van der Waals surface area (Å²) in [6.45, 7) is 1.78. The molecular weight excluding hydrogens is 446 g/mol. The van der Waals surface area contributed by atoms with E-state index in [1.54, 1.807) is 25.1 Å². The van der Waals surface area contributed by atoms with Gasteiger partial charge in [-0.3, -0.25) is 14.5 Å². The summed E-state index contributed by atoms with van der Waals surface area (Å²) < 4.78 is 5.31. The molecule has 3 aromatic carbocycles. The topological polar surface area (TPSA) is 107 Å². The van der Waals surface area contributed by atoms with Crippen LogP contribution in [0.25, 0.3) is 5.76 Å². The van der Waals surface area contributed by atoms with Gasteiger partial charge in [-0.05, 0) is 60.5 Å². The molecule has 8 heteroatoms. The zero-order valence-electron chi connectivity index (χ0n) is 17.7. The number of nitrogens with zero attached hydrogens (tertiary/aromatic N) is 1. The number of aliphatic hydroxyl groups excluding tert-OH is 1. The van der Waals surface area contributed by atoms with Crippen LogP contribution >= 0.6 is 11.6 Å². The fraction of sp³-hybridized carbons (Fsp3) is 0.120. The van der Waals surface area contributed by atoms with Crippen LogP contribution in [-0.4, -0.2) is 34.1 Å². The summed E-state index contributed by atoms with van der Waals surface area (Å²) in [7, 11) is 1.40. The second-order valence-electron chi connectivity index (χ2n) is 7.60. The highest BCUT2D eigenvalue weighted by Gasteiger charge is 2.48. The minimum Gasteiger partial charge on any atom is -0.508 e. The molecule has 7 nitrogen and oxygen atoms in total. The highest BCUT2D eigenvalue weighted by molar-refractivity contribution is 6.52. The number of anilines is 1. The summed E-state index contributed by atoms with van der Waals surface area (Å²) in [5, 5.41) is 31.8. The van der Waals surface area contributed by atoms with Gasteiger partial charge in [-0.1, -0.05) is 29.8 Å². The summed E-state index contributed by atoms with van der Waals surface area (Å²) in [4.78, 5) is 27.6. The Hall–Kier alpha value is -3.97. The molecule has 33 heavy (non-hydrogen) atoms. The summed E-state index contributed by atoms with van der Waals surface area (Å²) in [6, 6.07) is 14.0. The van der Waals surface area contributed by atoms with Crippen molar-refractivity contribution < 1.29 is 29.6 Å². The van der Waals surface area contributed by atoms with E-state index in [2.05, 4.69) is 0 Å². The number of halogens is 1. The minimum atomic E-state index is -1.08. The fourth-order valence-electron chi connectivity index (χ4n) is 3.89. The molecule has 1 aliphatic rings. The van der Waals surface area contributed by atoms with Gasteiger partial charge in [0.25, 0.3) is 11.7 Å². The number of methoxy groups -OCH3 is 1. The Balaban J connectivity index is 2.02. The van der Waals surface area contributed by atoms with Gasteiger partial charge in [0.15, 0.2) is 0 Å². The zero-order chi connectivity index (χ0) is 23.9. The number of aryl methyl sites for hydroxylation is 1. The smallest absolute Gasteiger partial charge is 0.300 e. The average molecular weight is 466 g/mol. The molecule has 3 N–H and O–H groups in total. The lowest BCUT2D eigenvalue weighted by molar-refractivity contribution is -0.132. The van der Waals surface area contributed by atoms with Gasteiger partial charge < -0.3 is 20.1 Å². The number of aliphatic hydroxyl groups is 1. The van der Waals surface area contributed by atoms with Crippen molar-refractivity contribution in [1.29, 1.82) is 0 Å². The third-order valence-electron chi connectivity index (χ3n) is 5.46. The van der Waals surface area contributed by atoms with Crippen molar-refractivity contribution in [3.63, 3.8) is 0 Å². The molecule has 0 bridgehead atoms.